The number of hydrogen-bond acceptors (Lipinski definition) is 2. The van der Waals surface area contributed by atoms with Crippen molar-refractivity contribution in [3.05, 3.63) is 54.1 Å². The lowest BCUT2D eigenvalue weighted by molar-refractivity contribution is -0.134. The molecule has 1 aromatic carbocycles. The van der Waals surface area contributed by atoms with Crippen molar-refractivity contribution in [3.63, 3.8) is 0 Å². The first kappa shape index (κ1) is 15.8. The van der Waals surface area contributed by atoms with Crippen molar-refractivity contribution in [3.8, 4) is 0 Å². The molecule has 1 amide bonds. The first-order valence-electron chi connectivity index (χ1n) is 8.46. The molecule has 0 spiro atoms. The van der Waals surface area contributed by atoms with Crippen LogP contribution in [0.5, 0.6) is 0 Å². The second-order valence-electron chi connectivity index (χ2n) is 6.34. The van der Waals surface area contributed by atoms with Crippen LogP contribution in [0.1, 0.15) is 31.7 Å². The van der Waals surface area contributed by atoms with Crippen LogP contribution in [0.25, 0.3) is 0 Å². The highest BCUT2D eigenvalue weighted by atomic mass is 16.2. The lowest BCUT2D eigenvalue weighted by Crippen LogP contribution is -2.40. The standard InChI is InChI=1S/C19H25N3O/c1-4-21(5-2)18(23)19(16-9-7-6-8-10-16)13-17(19)14-22-12-11-20-15(22)3/h6-12,17H,4-5,13-14H2,1-3H3/t17-,19+/m1/s1. The van der Waals surface area contributed by atoms with Gasteiger partial charge < -0.3 is 9.47 Å². The van der Waals surface area contributed by atoms with Crippen LogP contribution in [0.4, 0.5) is 0 Å². The third kappa shape index (κ3) is 2.67. The van der Waals surface area contributed by atoms with E-state index < -0.39 is 0 Å². The van der Waals surface area contributed by atoms with Gasteiger partial charge in [0.15, 0.2) is 0 Å². The van der Waals surface area contributed by atoms with Crippen molar-refractivity contribution in [2.24, 2.45) is 5.92 Å². The molecule has 1 fully saturated rings. The van der Waals surface area contributed by atoms with E-state index in [0.717, 1.165) is 37.4 Å². The number of benzene rings is 1. The molecular formula is C19H25N3O. The van der Waals surface area contributed by atoms with E-state index in [1.807, 2.05) is 42.4 Å². The molecule has 0 saturated heterocycles. The number of amides is 1. The number of hydrogen-bond donors (Lipinski definition) is 0. The molecule has 1 aliphatic carbocycles. The van der Waals surface area contributed by atoms with Crippen LogP contribution >= 0.6 is 0 Å². The Bertz CT molecular complexity index is 675. The Hall–Kier alpha value is -2.10. The smallest absolute Gasteiger partial charge is 0.233 e. The van der Waals surface area contributed by atoms with Crippen molar-refractivity contribution in [1.82, 2.24) is 14.5 Å². The summed E-state index contributed by atoms with van der Waals surface area (Å²) < 4.78 is 2.16. The van der Waals surface area contributed by atoms with Crippen LogP contribution in [0.2, 0.25) is 0 Å². The molecule has 23 heavy (non-hydrogen) atoms. The molecule has 0 aliphatic heterocycles. The summed E-state index contributed by atoms with van der Waals surface area (Å²) >= 11 is 0. The summed E-state index contributed by atoms with van der Waals surface area (Å²) in [5, 5.41) is 0. The average molecular weight is 311 g/mol. The first-order chi connectivity index (χ1) is 11.1. The lowest BCUT2D eigenvalue weighted by Gasteiger charge is -2.26. The zero-order valence-corrected chi connectivity index (χ0v) is 14.2. The van der Waals surface area contributed by atoms with Crippen molar-refractivity contribution in [2.45, 2.75) is 39.2 Å². The Balaban J connectivity index is 1.91. The minimum atomic E-state index is -0.357. The van der Waals surface area contributed by atoms with Gasteiger partial charge in [0.2, 0.25) is 5.91 Å². The molecule has 0 N–H and O–H groups in total. The summed E-state index contributed by atoms with van der Waals surface area (Å²) in [5.41, 5.74) is 0.795. The highest BCUT2D eigenvalue weighted by Gasteiger charge is 2.61. The van der Waals surface area contributed by atoms with Gasteiger partial charge >= 0.3 is 0 Å². The van der Waals surface area contributed by atoms with E-state index in [4.69, 9.17) is 0 Å². The van der Waals surface area contributed by atoms with Crippen LogP contribution < -0.4 is 0 Å². The Labute approximate surface area is 138 Å². The van der Waals surface area contributed by atoms with Crippen LogP contribution in [0.3, 0.4) is 0 Å². The van der Waals surface area contributed by atoms with Crippen molar-refractivity contribution < 1.29 is 4.79 Å². The van der Waals surface area contributed by atoms with E-state index in [-0.39, 0.29) is 11.3 Å². The molecule has 3 rings (SSSR count). The van der Waals surface area contributed by atoms with Gasteiger partial charge in [0.1, 0.15) is 5.82 Å². The Morgan fingerprint density at radius 3 is 2.57 bits per heavy atom. The predicted octanol–water partition coefficient (Wildman–Crippen LogP) is 3.02. The fraction of sp³-hybridized carbons (Fsp3) is 0.474. The van der Waals surface area contributed by atoms with Gasteiger partial charge in [0, 0.05) is 32.0 Å². The molecular weight excluding hydrogens is 286 g/mol. The Morgan fingerprint density at radius 2 is 2.00 bits per heavy atom. The number of rotatable bonds is 6. The van der Waals surface area contributed by atoms with Gasteiger partial charge in [0.05, 0.1) is 5.41 Å². The van der Waals surface area contributed by atoms with Gasteiger partial charge in [-0.2, -0.15) is 0 Å². The van der Waals surface area contributed by atoms with E-state index in [0.29, 0.717) is 5.92 Å². The maximum Gasteiger partial charge on any atom is 0.233 e. The normalized spacial score (nSPS) is 22.8. The molecule has 4 heteroatoms. The number of carbonyl (C=O) groups is 1. The molecule has 1 saturated carbocycles. The molecule has 4 nitrogen and oxygen atoms in total. The maximum absolute atomic E-state index is 13.2. The van der Waals surface area contributed by atoms with E-state index in [1.54, 1.807) is 0 Å². The Kier molecular flexibility index (Phi) is 4.24. The van der Waals surface area contributed by atoms with Gasteiger partial charge in [-0.15, -0.1) is 0 Å². The molecule has 2 atom stereocenters. The minimum absolute atomic E-state index is 0.275. The van der Waals surface area contributed by atoms with Gasteiger partial charge in [-0.1, -0.05) is 30.3 Å². The van der Waals surface area contributed by atoms with Crippen LogP contribution in [0, 0.1) is 12.8 Å². The summed E-state index contributed by atoms with van der Waals surface area (Å²) in [5.74, 6) is 1.62. The second-order valence-corrected chi connectivity index (χ2v) is 6.34. The predicted molar refractivity (Wildman–Crippen MR) is 91.1 cm³/mol. The first-order valence-corrected chi connectivity index (χ1v) is 8.46. The van der Waals surface area contributed by atoms with E-state index >= 15 is 0 Å². The van der Waals surface area contributed by atoms with Crippen molar-refractivity contribution >= 4 is 5.91 Å². The van der Waals surface area contributed by atoms with Crippen LogP contribution in [-0.4, -0.2) is 33.4 Å². The average Bonchev–Trinajstić information content (AvgIpc) is 3.17. The number of aromatic nitrogens is 2. The lowest BCUT2D eigenvalue weighted by atomic mass is 9.91. The van der Waals surface area contributed by atoms with E-state index in [1.165, 1.54) is 0 Å². The van der Waals surface area contributed by atoms with Crippen molar-refractivity contribution in [2.75, 3.05) is 13.1 Å². The second kappa shape index (κ2) is 6.19. The van der Waals surface area contributed by atoms with E-state index in [9.17, 15) is 4.79 Å². The quantitative estimate of drug-likeness (QED) is 0.822. The number of aryl methyl sites for hydroxylation is 1. The molecule has 0 unspecified atom stereocenters. The minimum Gasteiger partial charge on any atom is -0.342 e. The van der Waals surface area contributed by atoms with Crippen LogP contribution in [-0.2, 0) is 16.8 Å². The number of imidazole rings is 1. The molecule has 2 aromatic rings. The summed E-state index contributed by atoms with van der Waals surface area (Å²) in [7, 11) is 0. The van der Waals surface area contributed by atoms with Gasteiger partial charge in [0.25, 0.3) is 0 Å². The molecule has 1 heterocycles. The van der Waals surface area contributed by atoms with Gasteiger partial charge in [-0.3, -0.25) is 4.79 Å². The fourth-order valence-electron chi connectivity index (χ4n) is 3.65. The number of carbonyl (C=O) groups excluding carboxylic acids is 1. The maximum atomic E-state index is 13.2. The third-order valence-electron chi connectivity index (χ3n) is 5.17. The summed E-state index contributed by atoms with van der Waals surface area (Å²) in [6.07, 6.45) is 4.75. The highest BCUT2D eigenvalue weighted by molar-refractivity contribution is 5.92. The number of likely N-dealkylation sites (N-methyl/N-ethyl adjacent to an activating group) is 1. The SMILES string of the molecule is CCN(CC)C(=O)[C@]1(c2ccccc2)C[C@@H]1Cn1ccnc1C. The summed E-state index contributed by atoms with van der Waals surface area (Å²) in [6, 6.07) is 10.3. The monoisotopic (exact) mass is 311 g/mol. The molecule has 1 aromatic heterocycles. The van der Waals surface area contributed by atoms with Crippen molar-refractivity contribution in [1.29, 1.82) is 0 Å². The summed E-state index contributed by atoms with van der Waals surface area (Å²) in [4.78, 5) is 19.5. The fourth-order valence-corrected chi connectivity index (χ4v) is 3.65. The zero-order valence-electron chi connectivity index (χ0n) is 14.2. The summed E-state index contributed by atoms with van der Waals surface area (Å²) in [6.45, 7) is 8.50. The Morgan fingerprint density at radius 1 is 1.30 bits per heavy atom. The largest absolute Gasteiger partial charge is 0.342 e. The van der Waals surface area contributed by atoms with Gasteiger partial charge in [-0.05, 0) is 38.7 Å². The third-order valence-corrected chi connectivity index (χ3v) is 5.17. The highest BCUT2D eigenvalue weighted by Crippen LogP contribution is 2.56. The molecule has 1 aliphatic rings. The van der Waals surface area contributed by atoms with Gasteiger partial charge in [-0.25, -0.2) is 4.98 Å². The molecule has 0 radical (unpaired) electrons. The molecule has 0 bridgehead atoms. The topological polar surface area (TPSA) is 38.1 Å². The zero-order chi connectivity index (χ0) is 16.4. The molecule has 122 valence electrons. The van der Waals surface area contributed by atoms with E-state index in [2.05, 4.69) is 35.5 Å². The number of nitrogens with zero attached hydrogens (tertiary/aromatic N) is 3. The van der Waals surface area contributed by atoms with Crippen LogP contribution in [0.15, 0.2) is 42.7 Å².